The van der Waals surface area contributed by atoms with Crippen molar-refractivity contribution in [3.63, 3.8) is 0 Å². The highest BCUT2D eigenvalue weighted by Gasteiger charge is 2.28. The summed E-state index contributed by atoms with van der Waals surface area (Å²) in [7, 11) is 0. The number of rotatable bonds is 6. The highest BCUT2D eigenvalue weighted by molar-refractivity contribution is 5.90. The van der Waals surface area contributed by atoms with Crippen molar-refractivity contribution in [2.24, 2.45) is 5.92 Å². The van der Waals surface area contributed by atoms with Crippen molar-refractivity contribution in [1.29, 1.82) is 0 Å². The molecule has 0 bridgehead atoms. The second-order valence-corrected chi connectivity index (χ2v) is 5.20. The van der Waals surface area contributed by atoms with Crippen molar-refractivity contribution >= 4 is 17.5 Å². The molecule has 108 valence electrons. The molecule has 0 heterocycles. The molecule has 0 unspecified atom stereocenters. The summed E-state index contributed by atoms with van der Waals surface area (Å²) >= 11 is 0. The first-order chi connectivity index (χ1) is 9.56. The van der Waals surface area contributed by atoms with E-state index >= 15 is 0 Å². The molecule has 2 amide bonds. The van der Waals surface area contributed by atoms with Crippen LogP contribution in [0.2, 0.25) is 0 Å². The average molecular weight is 278 g/mol. The number of nitrogens with one attached hydrogen (secondary N) is 2. The van der Waals surface area contributed by atoms with Gasteiger partial charge in [-0.1, -0.05) is 6.07 Å². The van der Waals surface area contributed by atoms with E-state index in [4.69, 9.17) is 0 Å². The Bertz CT molecular complexity index is 513. The van der Waals surface area contributed by atoms with Crippen LogP contribution in [-0.2, 0) is 9.59 Å². The Morgan fingerprint density at radius 2 is 2.10 bits per heavy atom. The number of hydrogen-bond donors (Lipinski definition) is 2. The molecule has 4 nitrogen and oxygen atoms in total. The SMILES string of the molecule is Cc1ccc(NC(=O)CCCNC(=O)C2CC2)c(F)c1. The Balaban J connectivity index is 1.68. The van der Waals surface area contributed by atoms with Crippen LogP contribution < -0.4 is 10.6 Å². The number of hydrogen-bond acceptors (Lipinski definition) is 2. The summed E-state index contributed by atoms with van der Waals surface area (Å²) in [6.07, 6.45) is 2.76. The van der Waals surface area contributed by atoms with Crippen molar-refractivity contribution < 1.29 is 14.0 Å². The van der Waals surface area contributed by atoms with Gasteiger partial charge in [-0.05, 0) is 43.9 Å². The van der Waals surface area contributed by atoms with Crippen LogP contribution in [0, 0.1) is 18.7 Å². The quantitative estimate of drug-likeness (QED) is 0.785. The van der Waals surface area contributed by atoms with Gasteiger partial charge in [-0.15, -0.1) is 0 Å². The topological polar surface area (TPSA) is 58.2 Å². The molecule has 0 aliphatic heterocycles. The van der Waals surface area contributed by atoms with Gasteiger partial charge in [0.15, 0.2) is 0 Å². The maximum absolute atomic E-state index is 13.5. The van der Waals surface area contributed by atoms with Crippen LogP contribution >= 0.6 is 0 Å². The Morgan fingerprint density at radius 1 is 1.35 bits per heavy atom. The van der Waals surface area contributed by atoms with Gasteiger partial charge in [-0.3, -0.25) is 9.59 Å². The first-order valence-corrected chi connectivity index (χ1v) is 6.90. The lowest BCUT2D eigenvalue weighted by Gasteiger charge is -2.07. The van der Waals surface area contributed by atoms with E-state index in [0.29, 0.717) is 13.0 Å². The highest BCUT2D eigenvalue weighted by atomic mass is 19.1. The van der Waals surface area contributed by atoms with Gasteiger partial charge in [0.1, 0.15) is 5.82 Å². The zero-order valence-corrected chi connectivity index (χ0v) is 11.5. The van der Waals surface area contributed by atoms with Gasteiger partial charge in [-0.25, -0.2) is 4.39 Å². The molecule has 1 aromatic carbocycles. The van der Waals surface area contributed by atoms with E-state index in [1.54, 1.807) is 19.1 Å². The molecule has 1 aliphatic rings. The number of carbonyl (C=O) groups is 2. The molecule has 1 aromatic rings. The third-order valence-electron chi connectivity index (χ3n) is 3.23. The summed E-state index contributed by atoms with van der Waals surface area (Å²) in [6, 6.07) is 4.68. The van der Waals surface area contributed by atoms with E-state index in [1.807, 2.05) is 0 Å². The van der Waals surface area contributed by atoms with Crippen LogP contribution in [0.3, 0.4) is 0 Å². The molecule has 1 aliphatic carbocycles. The molecule has 0 atom stereocenters. The van der Waals surface area contributed by atoms with Gasteiger partial charge in [0.2, 0.25) is 11.8 Å². The lowest BCUT2D eigenvalue weighted by molar-refractivity contribution is -0.122. The molecule has 0 saturated heterocycles. The molecule has 0 radical (unpaired) electrons. The van der Waals surface area contributed by atoms with E-state index in [9.17, 15) is 14.0 Å². The monoisotopic (exact) mass is 278 g/mol. The Hall–Kier alpha value is -1.91. The number of anilines is 1. The van der Waals surface area contributed by atoms with Crippen LogP contribution in [-0.4, -0.2) is 18.4 Å². The van der Waals surface area contributed by atoms with E-state index in [-0.39, 0.29) is 29.8 Å². The Morgan fingerprint density at radius 3 is 2.75 bits per heavy atom. The minimum Gasteiger partial charge on any atom is -0.356 e. The minimum absolute atomic E-state index is 0.0787. The Labute approximate surface area is 117 Å². The van der Waals surface area contributed by atoms with E-state index in [2.05, 4.69) is 10.6 Å². The number of halogens is 1. The van der Waals surface area contributed by atoms with Crippen molar-refractivity contribution in [3.8, 4) is 0 Å². The van der Waals surface area contributed by atoms with Crippen LogP contribution in [0.1, 0.15) is 31.2 Å². The third kappa shape index (κ3) is 4.33. The minimum atomic E-state index is -0.430. The fraction of sp³-hybridized carbons (Fsp3) is 0.467. The summed E-state index contributed by atoms with van der Waals surface area (Å²) in [4.78, 5) is 23.0. The molecular weight excluding hydrogens is 259 g/mol. The largest absolute Gasteiger partial charge is 0.356 e. The number of carbonyl (C=O) groups excluding carboxylic acids is 2. The average Bonchev–Trinajstić information content (AvgIpc) is 3.22. The standard InChI is InChI=1S/C15H19FN2O2/c1-10-4-7-13(12(16)9-10)18-14(19)3-2-8-17-15(20)11-5-6-11/h4,7,9,11H,2-3,5-6,8H2,1H3,(H,17,20)(H,18,19). The van der Waals surface area contributed by atoms with Gasteiger partial charge in [0, 0.05) is 18.9 Å². The maximum atomic E-state index is 13.5. The Kier molecular flexibility index (Phi) is 4.71. The van der Waals surface area contributed by atoms with E-state index in [1.165, 1.54) is 6.07 Å². The second kappa shape index (κ2) is 6.50. The fourth-order valence-electron chi connectivity index (χ4n) is 1.88. The lowest BCUT2D eigenvalue weighted by atomic mass is 10.2. The summed E-state index contributed by atoms with van der Waals surface area (Å²) in [6.45, 7) is 2.27. The summed E-state index contributed by atoms with van der Waals surface area (Å²) < 4.78 is 13.5. The van der Waals surface area contributed by atoms with Crippen molar-refractivity contribution in [3.05, 3.63) is 29.6 Å². The van der Waals surface area contributed by atoms with Gasteiger partial charge in [0.05, 0.1) is 5.69 Å². The fourth-order valence-corrected chi connectivity index (χ4v) is 1.88. The summed E-state index contributed by atoms with van der Waals surface area (Å²) in [5.41, 5.74) is 1.01. The lowest BCUT2D eigenvalue weighted by Crippen LogP contribution is -2.26. The van der Waals surface area contributed by atoms with Crippen LogP contribution in [0.15, 0.2) is 18.2 Å². The first-order valence-electron chi connectivity index (χ1n) is 6.90. The molecule has 2 N–H and O–H groups in total. The summed E-state index contributed by atoms with van der Waals surface area (Å²) in [5, 5.41) is 5.32. The number of aryl methyl sites for hydroxylation is 1. The predicted molar refractivity (Wildman–Crippen MR) is 74.7 cm³/mol. The number of benzene rings is 1. The molecule has 1 saturated carbocycles. The molecule has 0 aromatic heterocycles. The van der Waals surface area contributed by atoms with Crippen LogP contribution in [0.5, 0.6) is 0 Å². The zero-order chi connectivity index (χ0) is 14.5. The molecule has 20 heavy (non-hydrogen) atoms. The van der Waals surface area contributed by atoms with Crippen molar-refractivity contribution in [2.75, 3.05) is 11.9 Å². The molecule has 2 rings (SSSR count). The van der Waals surface area contributed by atoms with Gasteiger partial charge < -0.3 is 10.6 Å². The van der Waals surface area contributed by atoms with Crippen molar-refractivity contribution in [1.82, 2.24) is 5.32 Å². The van der Waals surface area contributed by atoms with Gasteiger partial charge in [0.25, 0.3) is 0 Å². The van der Waals surface area contributed by atoms with E-state index < -0.39 is 5.82 Å². The second-order valence-electron chi connectivity index (χ2n) is 5.20. The summed E-state index contributed by atoms with van der Waals surface area (Å²) in [5.74, 6) is -0.408. The molecule has 0 spiro atoms. The normalized spacial score (nSPS) is 13.9. The smallest absolute Gasteiger partial charge is 0.224 e. The molecular formula is C15H19FN2O2. The van der Waals surface area contributed by atoms with E-state index in [0.717, 1.165) is 18.4 Å². The van der Waals surface area contributed by atoms with Crippen LogP contribution in [0.4, 0.5) is 10.1 Å². The zero-order valence-electron chi connectivity index (χ0n) is 11.5. The van der Waals surface area contributed by atoms with Gasteiger partial charge >= 0.3 is 0 Å². The van der Waals surface area contributed by atoms with Crippen molar-refractivity contribution in [2.45, 2.75) is 32.6 Å². The maximum Gasteiger partial charge on any atom is 0.224 e. The predicted octanol–water partition coefficient (Wildman–Crippen LogP) is 2.38. The molecule has 5 heteroatoms. The third-order valence-corrected chi connectivity index (χ3v) is 3.23. The van der Waals surface area contributed by atoms with Crippen LogP contribution in [0.25, 0.3) is 0 Å². The number of amides is 2. The first kappa shape index (κ1) is 14.5. The molecule has 1 fully saturated rings. The van der Waals surface area contributed by atoms with Gasteiger partial charge in [-0.2, -0.15) is 0 Å². The highest BCUT2D eigenvalue weighted by Crippen LogP contribution is 2.28.